The van der Waals surface area contributed by atoms with E-state index in [1.807, 2.05) is 18.0 Å². The van der Waals surface area contributed by atoms with E-state index in [1.54, 1.807) is 14.0 Å². The van der Waals surface area contributed by atoms with E-state index in [0.29, 0.717) is 0 Å². The lowest BCUT2D eigenvalue weighted by molar-refractivity contribution is -0.116. The van der Waals surface area contributed by atoms with E-state index >= 15 is 0 Å². The quantitative estimate of drug-likeness (QED) is 0.899. The third-order valence-electron chi connectivity index (χ3n) is 3.67. The van der Waals surface area contributed by atoms with E-state index in [-0.39, 0.29) is 5.91 Å². The molecule has 0 fully saturated rings. The number of carbonyl (C=O) groups excluding carboxylic acids is 1. The van der Waals surface area contributed by atoms with Gasteiger partial charge in [-0.3, -0.25) is 4.79 Å². The zero-order chi connectivity index (χ0) is 13.8. The van der Waals surface area contributed by atoms with Gasteiger partial charge in [0.1, 0.15) is 5.75 Å². The predicted molar refractivity (Wildman–Crippen MR) is 77.0 cm³/mol. The van der Waals surface area contributed by atoms with E-state index in [9.17, 15) is 4.79 Å². The molecule has 0 spiro atoms. The van der Waals surface area contributed by atoms with Crippen LogP contribution in [0.25, 0.3) is 0 Å². The first-order valence-corrected chi connectivity index (χ1v) is 6.80. The molecule has 1 aliphatic heterocycles. The highest BCUT2D eigenvalue weighted by Crippen LogP contribution is 2.38. The smallest absolute Gasteiger partial charge is 0.223 e. The van der Waals surface area contributed by atoms with Gasteiger partial charge in [0.15, 0.2) is 0 Å². The number of benzene rings is 1. The van der Waals surface area contributed by atoms with Crippen LogP contribution in [0.3, 0.4) is 0 Å². The van der Waals surface area contributed by atoms with Crippen LogP contribution in [-0.4, -0.2) is 33.2 Å². The maximum Gasteiger partial charge on any atom is 0.223 e. The van der Waals surface area contributed by atoms with E-state index in [4.69, 9.17) is 4.74 Å². The molecule has 0 saturated heterocycles. The molecule has 1 aromatic carbocycles. The monoisotopic (exact) mass is 262 g/mol. The summed E-state index contributed by atoms with van der Waals surface area (Å²) in [4.78, 5) is 13.7. The van der Waals surface area contributed by atoms with Crippen molar-refractivity contribution in [2.75, 3.05) is 32.1 Å². The second kappa shape index (κ2) is 6.06. The number of fused-ring (bicyclic) bond motifs is 1. The van der Waals surface area contributed by atoms with Gasteiger partial charge in [0.25, 0.3) is 0 Å². The Labute approximate surface area is 114 Å². The van der Waals surface area contributed by atoms with Crippen LogP contribution < -0.4 is 15.0 Å². The second-order valence-electron chi connectivity index (χ2n) is 4.88. The molecule has 0 saturated carbocycles. The molecule has 4 nitrogen and oxygen atoms in total. The average molecular weight is 262 g/mol. The normalized spacial score (nSPS) is 14.2. The number of nitrogens with one attached hydrogen (secondary N) is 1. The van der Waals surface area contributed by atoms with Gasteiger partial charge in [0, 0.05) is 13.5 Å². The van der Waals surface area contributed by atoms with Gasteiger partial charge in [0.05, 0.1) is 12.8 Å². The van der Waals surface area contributed by atoms with Crippen LogP contribution >= 0.6 is 0 Å². The molecule has 1 aromatic rings. The standard InChI is InChI=1S/C15H22N2O2/c1-11(18)17-10-4-5-13-12(8-9-16-2)6-7-14(19-3)15(13)17/h6-7,16H,4-5,8-10H2,1-3H3. The predicted octanol–water partition coefficient (Wildman–Crippen LogP) is 1.76. The number of anilines is 1. The Morgan fingerprint density at radius 2 is 2.26 bits per heavy atom. The van der Waals surface area contributed by atoms with Crippen LogP contribution in [0.5, 0.6) is 5.75 Å². The molecule has 1 heterocycles. The average Bonchev–Trinajstić information content (AvgIpc) is 2.43. The first-order chi connectivity index (χ1) is 9.19. The Morgan fingerprint density at radius 1 is 1.47 bits per heavy atom. The molecule has 0 bridgehead atoms. The molecule has 1 N–H and O–H groups in total. The van der Waals surface area contributed by atoms with Crippen molar-refractivity contribution in [2.24, 2.45) is 0 Å². The van der Waals surface area contributed by atoms with Crippen molar-refractivity contribution in [3.8, 4) is 5.75 Å². The molecule has 1 aliphatic rings. The minimum atomic E-state index is 0.0880. The Bertz CT molecular complexity index is 471. The van der Waals surface area contributed by atoms with Crippen molar-refractivity contribution in [3.63, 3.8) is 0 Å². The number of amides is 1. The summed E-state index contributed by atoms with van der Waals surface area (Å²) < 4.78 is 5.44. The lowest BCUT2D eigenvalue weighted by Crippen LogP contribution is -2.34. The van der Waals surface area contributed by atoms with Crippen LogP contribution in [-0.2, 0) is 17.6 Å². The summed E-state index contributed by atoms with van der Waals surface area (Å²) in [5.41, 5.74) is 3.57. The van der Waals surface area contributed by atoms with Crippen LogP contribution in [0.15, 0.2) is 12.1 Å². The van der Waals surface area contributed by atoms with Crippen LogP contribution in [0, 0.1) is 0 Å². The summed E-state index contributed by atoms with van der Waals surface area (Å²) >= 11 is 0. The molecule has 1 amide bonds. The van der Waals surface area contributed by atoms with Gasteiger partial charge in [-0.05, 0) is 50.0 Å². The second-order valence-corrected chi connectivity index (χ2v) is 4.88. The lowest BCUT2D eigenvalue weighted by Gasteiger charge is -2.31. The minimum absolute atomic E-state index is 0.0880. The summed E-state index contributed by atoms with van der Waals surface area (Å²) in [7, 11) is 3.62. The summed E-state index contributed by atoms with van der Waals surface area (Å²) in [6.07, 6.45) is 3.02. The van der Waals surface area contributed by atoms with Crippen LogP contribution in [0.2, 0.25) is 0 Å². The molecule has 0 radical (unpaired) electrons. The van der Waals surface area contributed by atoms with Gasteiger partial charge < -0.3 is 15.0 Å². The van der Waals surface area contributed by atoms with Crippen LogP contribution in [0.1, 0.15) is 24.5 Å². The first-order valence-electron chi connectivity index (χ1n) is 6.80. The molecule has 104 valence electrons. The molecule has 4 heteroatoms. The maximum atomic E-state index is 11.8. The fourth-order valence-corrected chi connectivity index (χ4v) is 2.73. The van der Waals surface area contributed by atoms with Crippen molar-refractivity contribution < 1.29 is 9.53 Å². The molecule has 0 aromatic heterocycles. The van der Waals surface area contributed by atoms with Crippen molar-refractivity contribution in [3.05, 3.63) is 23.3 Å². The van der Waals surface area contributed by atoms with E-state index in [2.05, 4.69) is 11.4 Å². The van der Waals surface area contributed by atoms with Gasteiger partial charge in [-0.1, -0.05) is 6.07 Å². The SMILES string of the molecule is CNCCc1ccc(OC)c2c1CCCN2C(C)=O. The van der Waals surface area contributed by atoms with Crippen molar-refractivity contribution in [2.45, 2.75) is 26.2 Å². The molecule has 0 aliphatic carbocycles. The number of carbonyl (C=O) groups is 1. The van der Waals surface area contributed by atoms with Gasteiger partial charge >= 0.3 is 0 Å². The third-order valence-corrected chi connectivity index (χ3v) is 3.67. The zero-order valence-electron chi connectivity index (χ0n) is 12.0. The molecule has 0 unspecified atom stereocenters. The number of likely N-dealkylation sites (N-methyl/N-ethyl adjacent to an activating group) is 1. The maximum absolute atomic E-state index is 11.8. The van der Waals surface area contributed by atoms with E-state index in [1.165, 1.54) is 11.1 Å². The molecular weight excluding hydrogens is 240 g/mol. The Hall–Kier alpha value is -1.55. The minimum Gasteiger partial charge on any atom is -0.495 e. The highest BCUT2D eigenvalue weighted by Gasteiger charge is 2.25. The molecule has 2 rings (SSSR count). The highest BCUT2D eigenvalue weighted by molar-refractivity contribution is 5.95. The van der Waals surface area contributed by atoms with Gasteiger partial charge in [-0.2, -0.15) is 0 Å². The number of methoxy groups -OCH3 is 1. The topological polar surface area (TPSA) is 41.6 Å². The largest absolute Gasteiger partial charge is 0.495 e. The molecular formula is C15H22N2O2. The number of rotatable bonds is 4. The van der Waals surface area contributed by atoms with Crippen LogP contribution in [0.4, 0.5) is 5.69 Å². The number of nitrogens with zero attached hydrogens (tertiary/aromatic N) is 1. The van der Waals surface area contributed by atoms with E-state index in [0.717, 1.165) is 43.8 Å². The molecule has 0 atom stereocenters. The summed E-state index contributed by atoms with van der Waals surface area (Å²) in [5.74, 6) is 0.892. The zero-order valence-corrected chi connectivity index (χ0v) is 12.0. The summed E-state index contributed by atoms with van der Waals surface area (Å²) in [6, 6.07) is 4.10. The summed E-state index contributed by atoms with van der Waals surface area (Å²) in [6.45, 7) is 3.35. The first kappa shape index (κ1) is 13.9. The van der Waals surface area contributed by atoms with Gasteiger partial charge in [0.2, 0.25) is 5.91 Å². The van der Waals surface area contributed by atoms with Gasteiger partial charge in [-0.15, -0.1) is 0 Å². The fraction of sp³-hybridized carbons (Fsp3) is 0.533. The number of hydrogen-bond acceptors (Lipinski definition) is 3. The van der Waals surface area contributed by atoms with E-state index < -0.39 is 0 Å². The highest BCUT2D eigenvalue weighted by atomic mass is 16.5. The Morgan fingerprint density at radius 3 is 2.89 bits per heavy atom. The van der Waals surface area contributed by atoms with Gasteiger partial charge in [-0.25, -0.2) is 0 Å². The van der Waals surface area contributed by atoms with Crippen molar-refractivity contribution >= 4 is 11.6 Å². The van der Waals surface area contributed by atoms with Crippen molar-refractivity contribution in [1.82, 2.24) is 5.32 Å². The Balaban J connectivity index is 2.47. The third kappa shape index (κ3) is 2.73. The number of ether oxygens (including phenoxy) is 1. The molecule has 19 heavy (non-hydrogen) atoms. The fourth-order valence-electron chi connectivity index (χ4n) is 2.73. The van der Waals surface area contributed by atoms with Crippen molar-refractivity contribution in [1.29, 1.82) is 0 Å². The lowest BCUT2D eigenvalue weighted by atomic mass is 9.93. The summed E-state index contributed by atoms with van der Waals surface area (Å²) in [5, 5.41) is 3.17. The number of hydrogen-bond donors (Lipinski definition) is 1. The Kier molecular flexibility index (Phi) is 4.43.